The SMILES string of the molecule is [2H]C([2H])([2H])C([2H])([2H])CCC/C=C\C\C=C/C=C/C=C/[C@@H](SC[C@H](NC(=O)CC[C@H](N)C(=O)O)C(=O)NCC(=O)O)[C@@H](O)CCCC(=O)O. The third-order valence-corrected chi connectivity index (χ3v) is 7.05. The van der Waals surface area contributed by atoms with Crippen molar-refractivity contribution in [1.82, 2.24) is 10.6 Å². The first kappa shape index (κ1) is 31.0. The van der Waals surface area contributed by atoms with E-state index in [2.05, 4.69) is 10.6 Å². The smallest absolute Gasteiger partial charge is 0.322 e. The zero-order valence-corrected chi connectivity index (χ0v) is 24.8. The van der Waals surface area contributed by atoms with Crippen LogP contribution < -0.4 is 16.4 Å². The molecule has 2 amide bonds. The number of allylic oxidation sites excluding steroid dienone is 7. The highest BCUT2D eigenvalue weighted by Crippen LogP contribution is 2.22. The van der Waals surface area contributed by atoms with E-state index in [1.54, 1.807) is 30.4 Å². The standard InChI is InChI=1S/C30H47N3O9S/c1-2-3-4-5-6-7-8-9-10-11-12-13-16-25(24(34)15-14-17-27(36)37)43-21-23(29(40)32-20-28(38)39)33-26(35)19-18-22(31)30(41)42/h6-7,9-13,16,22-25,34H,2-5,8,14-15,17-21,31H2,1H3,(H,32,40)(H,33,35)(H,36,37)(H,38,39)(H,41,42)/b7-6-,10-9-,12-11+,16-13+/t22-,23-,24-,25+/m0/s1/i1D3,2D2. The fraction of sp³-hybridized carbons (Fsp3) is 0.567. The molecular weight excluding hydrogens is 578 g/mol. The zero-order valence-electron chi connectivity index (χ0n) is 29.0. The van der Waals surface area contributed by atoms with Gasteiger partial charge in [0, 0.05) is 30.7 Å². The van der Waals surface area contributed by atoms with Gasteiger partial charge in [-0.2, -0.15) is 0 Å². The van der Waals surface area contributed by atoms with E-state index in [0.717, 1.165) is 11.8 Å². The van der Waals surface area contributed by atoms with Gasteiger partial charge in [-0.3, -0.25) is 24.0 Å². The van der Waals surface area contributed by atoms with Gasteiger partial charge in [0.05, 0.1) is 6.10 Å². The Hall–Kier alpha value is -3.42. The van der Waals surface area contributed by atoms with Crippen LogP contribution in [0.1, 0.15) is 77.9 Å². The maximum atomic E-state index is 12.7. The summed E-state index contributed by atoms with van der Waals surface area (Å²) < 4.78 is 36.9. The van der Waals surface area contributed by atoms with Crippen molar-refractivity contribution < 1.29 is 51.3 Å². The summed E-state index contributed by atoms with van der Waals surface area (Å²) in [5.74, 6) is -5.23. The van der Waals surface area contributed by atoms with Gasteiger partial charge in [-0.05, 0) is 38.5 Å². The number of hydrogen-bond acceptors (Lipinski definition) is 8. The van der Waals surface area contributed by atoms with Crippen LogP contribution in [0.15, 0.2) is 48.6 Å². The van der Waals surface area contributed by atoms with E-state index >= 15 is 0 Å². The molecule has 8 N–H and O–H groups in total. The van der Waals surface area contributed by atoms with Gasteiger partial charge in [0.2, 0.25) is 11.8 Å². The predicted octanol–water partition coefficient (Wildman–Crippen LogP) is 2.78. The number of nitrogens with two attached hydrogens (primary N) is 1. The van der Waals surface area contributed by atoms with Gasteiger partial charge in [0.15, 0.2) is 0 Å². The van der Waals surface area contributed by atoms with Crippen LogP contribution in [0.4, 0.5) is 0 Å². The molecule has 0 rings (SSSR count). The number of rotatable bonds is 25. The van der Waals surface area contributed by atoms with Gasteiger partial charge >= 0.3 is 17.9 Å². The molecule has 0 aromatic heterocycles. The number of carbonyl (C=O) groups is 5. The molecule has 0 aliphatic heterocycles. The lowest BCUT2D eigenvalue weighted by molar-refractivity contribution is -0.139. The number of hydrogen-bond donors (Lipinski definition) is 7. The number of carboxylic acid groups (broad SMARTS) is 3. The highest BCUT2D eigenvalue weighted by atomic mass is 32.2. The van der Waals surface area contributed by atoms with Gasteiger partial charge in [0.1, 0.15) is 18.6 Å². The highest BCUT2D eigenvalue weighted by molar-refractivity contribution is 8.00. The Morgan fingerprint density at radius 1 is 0.930 bits per heavy atom. The molecule has 0 spiro atoms. The number of carbonyl (C=O) groups excluding carboxylic acids is 2. The van der Waals surface area contributed by atoms with Gasteiger partial charge in [-0.25, -0.2) is 0 Å². The van der Waals surface area contributed by atoms with Crippen molar-refractivity contribution in [3.8, 4) is 0 Å². The first-order valence-corrected chi connectivity index (χ1v) is 14.9. The molecule has 0 saturated carbocycles. The molecule has 0 fully saturated rings. The van der Waals surface area contributed by atoms with Crippen LogP contribution in [0.2, 0.25) is 0 Å². The summed E-state index contributed by atoms with van der Waals surface area (Å²) in [6.45, 7) is -3.36. The fourth-order valence-electron chi connectivity index (χ4n) is 3.33. The Bertz CT molecular complexity index is 1160. The molecule has 0 aromatic carbocycles. The number of amides is 2. The molecule has 0 aromatic rings. The van der Waals surface area contributed by atoms with Gasteiger partial charge in [-0.15, -0.1) is 11.8 Å². The van der Waals surface area contributed by atoms with Crippen molar-refractivity contribution in [2.24, 2.45) is 5.73 Å². The molecule has 0 aliphatic carbocycles. The second kappa shape index (κ2) is 25.1. The van der Waals surface area contributed by atoms with E-state index in [1.807, 2.05) is 18.2 Å². The quantitative estimate of drug-likeness (QED) is 0.0442. The van der Waals surface area contributed by atoms with E-state index in [0.29, 0.717) is 19.3 Å². The average molecular weight is 631 g/mol. The zero-order chi connectivity index (χ0) is 36.8. The average Bonchev–Trinajstić information content (AvgIpc) is 2.98. The summed E-state index contributed by atoms with van der Waals surface area (Å²) >= 11 is 1.07. The number of unbranched alkanes of at least 4 members (excludes halogenated alkanes) is 1. The monoisotopic (exact) mass is 630 g/mol. The van der Waals surface area contributed by atoms with E-state index in [9.17, 15) is 29.1 Å². The number of aliphatic hydroxyl groups is 1. The second-order valence-electron chi connectivity index (χ2n) is 9.34. The molecule has 0 bridgehead atoms. The second-order valence-corrected chi connectivity index (χ2v) is 10.6. The summed E-state index contributed by atoms with van der Waals surface area (Å²) in [5, 5.41) is 41.5. The van der Waals surface area contributed by atoms with Crippen LogP contribution in [0.5, 0.6) is 0 Å². The summed E-state index contributed by atoms with van der Waals surface area (Å²) in [7, 11) is 0. The van der Waals surface area contributed by atoms with Crippen LogP contribution in [-0.4, -0.2) is 85.9 Å². The minimum absolute atomic E-state index is 0.0662. The summed E-state index contributed by atoms with van der Waals surface area (Å²) in [6.07, 6.45) is 11.9. The van der Waals surface area contributed by atoms with Crippen molar-refractivity contribution in [2.75, 3.05) is 12.3 Å². The molecule has 0 unspecified atom stereocenters. The molecular formula is C30H47N3O9S. The Balaban J connectivity index is 5.33. The summed E-state index contributed by atoms with van der Waals surface area (Å²) in [5.41, 5.74) is 5.43. The highest BCUT2D eigenvalue weighted by Gasteiger charge is 2.25. The minimum atomic E-state index is -2.65. The third kappa shape index (κ3) is 22.8. The van der Waals surface area contributed by atoms with Crippen LogP contribution in [0.25, 0.3) is 0 Å². The Labute approximate surface area is 264 Å². The topological polar surface area (TPSA) is 216 Å². The summed E-state index contributed by atoms with van der Waals surface area (Å²) in [4.78, 5) is 57.9. The van der Waals surface area contributed by atoms with Crippen LogP contribution >= 0.6 is 11.8 Å². The molecule has 0 heterocycles. The van der Waals surface area contributed by atoms with E-state index < -0.39 is 72.9 Å². The van der Waals surface area contributed by atoms with Gasteiger partial charge in [0.25, 0.3) is 0 Å². The molecule has 0 radical (unpaired) electrons. The minimum Gasteiger partial charge on any atom is -0.481 e. The number of nitrogens with one attached hydrogen (secondary N) is 2. The molecule has 0 saturated heterocycles. The largest absolute Gasteiger partial charge is 0.481 e. The fourth-order valence-corrected chi connectivity index (χ4v) is 4.54. The number of carboxylic acids is 3. The van der Waals surface area contributed by atoms with Crippen molar-refractivity contribution in [3.63, 3.8) is 0 Å². The van der Waals surface area contributed by atoms with Crippen molar-refractivity contribution in [2.45, 2.75) is 94.4 Å². The molecule has 242 valence electrons. The lowest BCUT2D eigenvalue weighted by Crippen LogP contribution is -2.50. The Morgan fingerprint density at radius 2 is 1.67 bits per heavy atom. The van der Waals surface area contributed by atoms with Crippen LogP contribution in [0.3, 0.4) is 0 Å². The van der Waals surface area contributed by atoms with Crippen molar-refractivity contribution in [1.29, 1.82) is 0 Å². The van der Waals surface area contributed by atoms with E-state index in [4.69, 9.17) is 27.9 Å². The maximum Gasteiger partial charge on any atom is 0.322 e. The molecule has 43 heavy (non-hydrogen) atoms. The first-order chi connectivity index (χ1) is 22.4. The molecule has 0 aliphatic rings. The Kier molecular flexibility index (Phi) is 18.1. The molecule has 4 atom stereocenters. The lowest BCUT2D eigenvalue weighted by Gasteiger charge is -2.23. The van der Waals surface area contributed by atoms with Gasteiger partial charge in [-0.1, -0.05) is 68.3 Å². The normalized spacial score (nSPS) is 17.0. The maximum absolute atomic E-state index is 12.7. The predicted molar refractivity (Wildman–Crippen MR) is 166 cm³/mol. The molecule has 12 nitrogen and oxygen atoms in total. The lowest BCUT2D eigenvalue weighted by atomic mass is 10.1. The van der Waals surface area contributed by atoms with Crippen molar-refractivity contribution >= 4 is 41.5 Å². The van der Waals surface area contributed by atoms with E-state index in [-0.39, 0.29) is 44.3 Å². The van der Waals surface area contributed by atoms with Crippen LogP contribution in [-0.2, 0) is 24.0 Å². The first-order valence-electron chi connectivity index (χ1n) is 16.3. The van der Waals surface area contributed by atoms with Crippen molar-refractivity contribution in [3.05, 3.63) is 48.6 Å². The van der Waals surface area contributed by atoms with Crippen LogP contribution in [0, 0.1) is 0 Å². The summed E-state index contributed by atoms with van der Waals surface area (Å²) in [6, 6.07) is -2.53. The number of thioether (sulfide) groups is 1. The molecule has 13 heteroatoms. The third-order valence-electron chi connectivity index (χ3n) is 5.67. The Morgan fingerprint density at radius 3 is 2.35 bits per heavy atom. The number of aliphatic carboxylic acids is 3. The van der Waals surface area contributed by atoms with E-state index in [1.165, 1.54) is 0 Å². The van der Waals surface area contributed by atoms with Gasteiger partial charge < -0.3 is 36.8 Å². The number of aliphatic hydroxyl groups excluding tert-OH is 1.